The normalized spacial score (nSPS) is 10.9. The van der Waals surface area contributed by atoms with Gasteiger partial charge in [-0.25, -0.2) is 19.6 Å². The van der Waals surface area contributed by atoms with Gasteiger partial charge in [0.05, 0.1) is 30.1 Å². The number of carboxylic acid groups (broad SMARTS) is 3. The quantitative estimate of drug-likeness (QED) is 0.0803. The third-order valence-corrected chi connectivity index (χ3v) is 5.70. The SMILES string of the molecule is CN(Cc1cnc2nc(N)nc(N)c2n1)c1ccc(C(=O)NC(CCC(=O)O)C(=O)O)cc1.O=C([O-])c1cc(=O)[nH]c(=O)[nH]1.[Na+]. The number of benzene rings is 1. The fourth-order valence-electron chi connectivity index (χ4n) is 3.61. The summed E-state index contributed by atoms with van der Waals surface area (Å²) in [5.74, 6) is -4.50. The van der Waals surface area contributed by atoms with E-state index in [0.717, 1.165) is 11.8 Å². The number of fused-ring (bicyclic) bond motifs is 1. The second-order valence-electron chi connectivity index (χ2n) is 8.99. The second-order valence-corrected chi connectivity index (χ2v) is 8.99. The Morgan fingerprint density at radius 2 is 1.71 bits per heavy atom. The molecule has 1 amide bonds. The maximum atomic E-state index is 12.4. The van der Waals surface area contributed by atoms with Gasteiger partial charge >= 0.3 is 47.2 Å². The number of H-pyrrole nitrogens is 2. The Morgan fingerprint density at radius 3 is 2.29 bits per heavy atom. The first-order valence-electron chi connectivity index (χ1n) is 12.4. The number of aromatic nitrogens is 6. The molecule has 4 aromatic rings. The Kier molecular flexibility index (Phi) is 12.6. The van der Waals surface area contributed by atoms with Crippen LogP contribution in [0, 0.1) is 0 Å². The summed E-state index contributed by atoms with van der Waals surface area (Å²) in [4.78, 5) is 87.3. The molecule has 0 bridgehead atoms. The molecule has 3 heterocycles. The van der Waals surface area contributed by atoms with Crippen LogP contribution in [0.15, 0.2) is 46.1 Å². The van der Waals surface area contributed by atoms with E-state index in [1.807, 2.05) is 21.9 Å². The Bertz CT molecular complexity index is 1800. The summed E-state index contributed by atoms with van der Waals surface area (Å²) in [6.07, 6.45) is 0.964. The number of nitrogen functional groups attached to an aromatic ring is 2. The van der Waals surface area contributed by atoms with Crippen molar-refractivity contribution in [1.29, 1.82) is 0 Å². The fraction of sp³-hybridized carbons (Fsp3) is 0.200. The van der Waals surface area contributed by atoms with Gasteiger partial charge in [-0.2, -0.15) is 9.97 Å². The van der Waals surface area contributed by atoms with E-state index >= 15 is 0 Å². The number of hydrogen-bond acceptors (Lipinski definition) is 14. The number of amides is 1. The standard InChI is InChI=1S/C20H22N8O5.C5H4N2O4.Na/c1-28(9-11-8-23-17-15(24-11)16(21)26-20(22)27-17)12-4-2-10(3-5-12)18(31)25-13(19(32)33)6-7-14(29)30;8-3-1-2(4(9)10)6-5(11)7-3;/h2-5,8,13H,6-7,9H2,1H3,(H,25,31)(H,29,30)(H,32,33)(H4,21,22,23,26,27);1H,(H,9,10)(H2,6,7,8,11);/q;;+1/p-1. The minimum Gasteiger partial charge on any atom is -0.543 e. The number of aromatic carboxylic acids is 1. The van der Waals surface area contributed by atoms with Crippen LogP contribution in [-0.4, -0.2) is 77.0 Å². The van der Waals surface area contributed by atoms with Gasteiger partial charge in [0, 0.05) is 30.8 Å². The zero-order chi connectivity index (χ0) is 32.6. The maximum Gasteiger partial charge on any atom is 1.00 e. The van der Waals surface area contributed by atoms with Crippen LogP contribution < -0.4 is 67.6 Å². The van der Waals surface area contributed by atoms with Crippen LogP contribution in [0.2, 0.25) is 0 Å². The molecule has 19 nitrogen and oxygen atoms in total. The molecule has 9 N–H and O–H groups in total. The molecule has 0 radical (unpaired) electrons. The van der Waals surface area contributed by atoms with E-state index in [4.69, 9.17) is 16.6 Å². The van der Waals surface area contributed by atoms with Crippen LogP contribution in [0.1, 0.15) is 39.4 Å². The molecular weight excluding hydrogens is 607 g/mol. The number of carbonyl (C=O) groups is 4. The number of carboxylic acids is 3. The van der Waals surface area contributed by atoms with Gasteiger partial charge < -0.3 is 46.8 Å². The minimum absolute atomic E-state index is 0. The summed E-state index contributed by atoms with van der Waals surface area (Å²) in [6.45, 7) is 0.370. The molecule has 4 rings (SSSR count). The van der Waals surface area contributed by atoms with E-state index in [1.54, 1.807) is 18.3 Å². The summed E-state index contributed by atoms with van der Waals surface area (Å²) in [6, 6.07) is 5.89. The molecule has 1 unspecified atom stereocenters. The van der Waals surface area contributed by atoms with Crippen molar-refractivity contribution < 1.29 is 64.1 Å². The van der Waals surface area contributed by atoms with Gasteiger partial charge in [-0.1, -0.05) is 0 Å². The Labute approximate surface area is 274 Å². The predicted molar refractivity (Wildman–Crippen MR) is 150 cm³/mol. The van der Waals surface area contributed by atoms with Crippen LogP contribution in [0.5, 0.6) is 0 Å². The van der Waals surface area contributed by atoms with Crippen LogP contribution in [0.25, 0.3) is 11.2 Å². The largest absolute Gasteiger partial charge is 1.00 e. The van der Waals surface area contributed by atoms with Crippen molar-refractivity contribution in [1.82, 2.24) is 35.2 Å². The van der Waals surface area contributed by atoms with E-state index in [9.17, 15) is 39.0 Å². The summed E-state index contributed by atoms with van der Waals surface area (Å²) in [5.41, 5.74) is 11.5. The Morgan fingerprint density at radius 1 is 1.04 bits per heavy atom. The van der Waals surface area contributed by atoms with Crippen molar-refractivity contribution in [3.05, 3.63) is 74.3 Å². The number of hydrogen-bond donors (Lipinski definition) is 7. The average Bonchev–Trinajstić information content (AvgIpc) is 2.95. The van der Waals surface area contributed by atoms with E-state index in [1.165, 1.54) is 12.1 Å². The monoisotopic (exact) mass is 632 g/mol. The first-order valence-corrected chi connectivity index (χ1v) is 12.4. The molecule has 230 valence electrons. The van der Waals surface area contributed by atoms with Crippen LogP contribution in [0.4, 0.5) is 17.5 Å². The van der Waals surface area contributed by atoms with E-state index in [2.05, 4.69) is 25.3 Å². The molecule has 0 saturated heterocycles. The zero-order valence-corrected chi connectivity index (χ0v) is 25.8. The number of aromatic amines is 2. The second kappa shape index (κ2) is 15.9. The molecule has 1 aromatic carbocycles. The molecule has 3 aromatic heterocycles. The number of anilines is 3. The molecule has 20 heteroatoms. The van der Waals surface area contributed by atoms with E-state index in [-0.39, 0.29) is 59.7 Å². The van der Waals surface area contributed by atoms with Crippen LogP contribution >= 0.6 is 0 Å². The first kappa shape index (κ1) is 35.8. The molecular formula is C25H25N10NaO9. The molecule has 0 spiro atoms. The summed E-state index contributed by atoms with van der Waals surface area (Å²) in [7, 11) is 1.82. The number of nitrogens with zero attached hydrogens (tertiary/aromatic N) is 5. The predicted octanol–water partition coefficient (Wildman–Crippen LogP) is -5.30. The van der Waals surface area contributed by atoms with Gasteiger partial charge in [-0.15, -0.1) is 0 Å². The molecule has 45 heavy (non-hydrogen) atoms. The van der Waals surface area contributed by atoms with Crippen LogP contribution in [-0.2, 0) is 16.1 Å². The number of rotatable bonds is 10. The summed E-state index contributed by atoms with van der Waals surface area (Å²) in [5, 5.41) is 30.3. The van der Waals surface area contributed by atoms with Crippen molar-refractivity contribution in [2.75, 3.05) is 23.4 Å². The zero-order valence-electron chi connectivity index (χ0n) is 23.8. The van der Waals surface area contributed by atoms with Crippen molar-refractivity contribution in [3.63, 3.8) is 0 Å². The maximum absolute atomic E-state index is 12.4. The van der Waals surface area contributed by atoms with Gasteiger partial charge in [0.25, 0.3) is 11.5 Å². The molecule has 1 atom stereocenters. The fourth-order valence-corrected chi connectivity index (χ4v) is 3.61. The average molecular weight is 633 g/mol. The Balaban J connectivity index is 0.000000497. The Hall–Kier alpha value is -5.40. The van der Waals surface area contributed by atoms with Gasteiger partial charge in [0.15, 0.2) is 17.0 Å². The van der Waals surface area contributed by atoms with Gasteiger partial charge in [-0.3, -0.25) is 19.4 Å². The number of aliphatic carboxylic acids is 2. The molecule has 0 fully saturated rings. The summed E-state index contributed by atoms with van der Waals surface area (Å²) < 4.78 is 0. The first-order chi connectivity index (χ1) is 20.7. The topological polar surface area (TPSA) is 316 Å². The van der Waals surface area contributed by atoms with Gasteiger partial charge in [0.1, 0.15) is 6.04 Å². The molecule has 0 saturated carbocycles. The van der Waals surface area contributed by atoms with Gasteiger partial charge in [0.2, 0.25) is 5.95 Å². The third-order valence-electron chi connectivity index (χ3n) is 5.70. The van der Waals surface area contributed by atoms with Crippen molar-refractivity contribution in [3.8, 4) is 0 Å². The molecule has 0 aliphatic rings. The summed E-state index contributed by atoms with van der Waals surface area (Å²) >= 11 is 0. The van der Waals surface area contributed by atoms with Crippen LogP contribution in [0.3, 0.4) is 0 Å². The number of nitrogens with two attached hydrogens (primary N) is 2. The minimum atomic E-state index is -1.59. The van der Waals surface area contributed by atoms with Crippen molar-refractivity contribution in [2.24, 2.45) is 0 Å². The third kappa shape index (κ3) is 10.4. The smallest absolute Gasteiger partial charge is 0.543 e. The van der Waals surface area contributed by atoms with E-state index in [0.29, 0.717) is 23.4 Å². The van der Waals surface area contributed by atoms with Crippen molar-refractivity contribution >= 4 is 52.4 Å². The molecule has 0 aliphatic heterocycles. The number of carbonyl (C=O) groups excluding carboxylic acids is 2. The van der Waals surface area contributed by atoms with E-state index < -0.39 is 46.8 Å². The number of nitrogens with one attached hydrogen (secondary N) is 3. The van der Waals surface area contributed by atoms with Crippen molar-refractivity contribution in [2.45, 2.75) is 25.4 Å². The van der Waals surface area contributed by atoms with Gasteiger partial charge in [-0.05, 0) is 30.7 Å². The molecule has 0 aliphatic carbocycles.